The molecule has 6 nitrogen and oxygen atoms in total. The van der Waals surface area contributed by atoms with Gasteiger partial charge in [-0.3, -0.25) is 0 Å². The molecule has 0 unspecified atom stereocenters. The van der Waals surface area contributed by atoms with Gasteiger partial charge in [-0.1, -0.05) is 13.3 Å². The maximum atomic E-state index is 4.50. The Hall–Kier alpha value is -2.24. The fraction of sp³-hybridized carbons (Fsp3) is 0.556. The third-order valence-electron chi connectivity index (χ3n) is 5.18. The van der Waals surface area contributed by atoms with Crippen molar-refractivity contribution in [3.63, 3.8) is 0 Å². The highest BCUT2D eigenvalue weighted by Crippen LogP contribution is 2.35. The molecule has 4 rings (SSSR count). The zero-order valence-electron chi connectivity index (χ0n) is 14.2. The van der Waals surface area contributed by atoms with Crippen molar-refractivity contribution >= 4 is 11.8 Å². The van der Waals surface area contributed by atoms with E-state index in [4.69, 9.17) is 0 Å². The highest BCUT2D eigenvalue weighted by Gasteiger charge is 2.24. The van der Waals surface area contributed by atoms with Crippen LogP contribution in [0.15, 0.2) is 24.8 Å². The Morgan fingerprint density at radius 3 is 2.29 bits per heavy atom. The number of nitrogens with zero attached hydrogens (tertiary/aromatic N) is 6. The van der Waals surface area contributed by atoms with Gasteiger partial charge in [-0.15, -0.1) is 0 Å². The molecule has 1 aliphatic carbocycles. The van der Waals surface area contributed by atoms with Crippen molar-refractivity contribution in [2.24, 2.45) is 0 Å². The van der Waals surface area contributed by atoms with E-state index in [1.54, 1.807) is 6.33 Å². The zero-order chi connectivity index (χ0) is 16.4. The molecule has 2 aromatic heterocycles. The van der Waals surface area contributed by atoms with Crippen LogP contribution in [0.3, 0.4) is 0 Å². The Morgan fingerprint density at radius 1 is 0.958 bits per heavy atom. The van der Waals surface area contributed by atoms with E-state index < -0.39 is 0 Å². The fourth-order valence-corrected chi connectivity index (χ4v) is 3.29. The van der Waals surface area contributed by atoms with Crippen LogP contribution in [0.1, 0.15) is 43.4 Å². The molecule has 0 aromatic carbocycles. The molecule has 0 amide bonds. The van der Waals surface area contributed by atoms with Gasteiger partial charge in [-0.25, -0.2) is 19.9 Å². The van der Waals surface area contributed by atoms with E-state index in [1.165, 1.54) is 30.5 Å². The summed E-state index contributed by atoms with van der Waals surface area (Å²) >= 11 is 0. The smallest absolute Gasteiger partial charge is 0.225 e. The molecule has 24 heavy (non-hydrogen) atoms. The van der Waals surface area contributed by atoms with Crippen LogP contribution in [0.25, 0.3) is 0 Å². The lowest BCUT2D eigenvalue weighted by Gasteiger charge is -2.35. The first kappa shape index (κ1) is 15.3. The summed E-state index contributed by atoms with van der Waals surface area (Å²) in [5.41, 5.74) is 2.40. The predicted octanol–water partition coefficient (Wildman–Crippen LogP) is 2.42. The van der Waals surface area contributed by atoms with Gasteiger partial charge in [0, 0.05) is 56.3 Å². The number of aromatic nitrogens is 4. The van der Waals surface area contributed by atoms with E-state index in [1.807, 2.05) is 12.4 Å². The van der Waals surface area contributed by atoms with Crippen LogP contribution in [0.4, 0.5) is 11.8 Å². The van der Waals surface area contributed by atoms with Crippen LogP contribution in [-0.2, 0) is 6.42 Å². The molecule has 0 radical (unpaired) electrons. The summed E-state index contributed by atoms with van der Waals surface area (Å²) in [6.45, 7) is 5.86. The first-order valence-electron chi connectivity index (χ1n) is 8.96. The van der Waals surface area contributed by atoms with E-state index in [-0.39, 0.29) is 0 Å². The minimum atomic E-state index is 0.651. The molecule has 0 N–H and O–H groups in total. The Bertz CT molecular complexity index is 674. The summed E-state index contributed by atoms with van der Waals surface area (Å²) in [6, 6.07) is 2.19. The Morgan fingerprint density at radius 2 is 1.67 bits per heavy atom. The number of piperazine rings is 1. The molecule has 2 aromatic rings. The second kappa shape index (κ2) is 6.71. The topological polar surface area (TPSA) is 58.0 Å². The van der Waals surface area contributed by atoms with Crippen molar-refractivity contribution in [3.05, 3.63) is 36.0 Å². The predicted molar refractivity (Wildman–Crippen MR) is 94.5 cm³/mol. The molecule has 1 saturated carbocycles. The Labute approximate surface area is 143 Å². The number of hydrogen-bond donors (Lipinski definition) is 0. The van der Waals surface area contributed by atoms with Gasteiger partial charge in [0.25, 0.3) is 0 Å². The normalized spacial score (nSPS) is 18.5. The lowest BCUT2D eigenvalue weighted by atomic mass is 9.83. The zero-order valence-corrected chi connectivity index (χ0v) is 14.2. The third-order valence-corrected chi connectivity index (χ3v) is 5.18. The lowest BCUT2D eigenvalue weighted by molar-refractivity contribution is 0.410. The highest BCUT2D eigenvalue weighted by molar-refractivity contribution is 5.43. The quantitative estimate of drug-likeness (QED) is 0.861. The summed E-state index contributed by atoms with van der Waals surface area (Å²) in [4.78, 5) is 22.6. The highest BCUT2D eigenvalue weighted by atomic mass is 15.3. The van der Waals surface area contributed by atoms with Gasteiger partial charge in [0.2, 0.25) is 5.95 Å². The lowest BCUT2D eigenvalue weighted by Crippen LogP contribution is -2.47. The van der Waals surface area contributed by atoms with Crippen molar-refractivity contribution < 1.29 is 0 Å². The second-order valence-electron chi connectivity index (χ2n) is 6.65. The molecule has 2 aliphatic rings. The number of anilines is 2. The van der Waals surface area contributed by atoms with Crippen LogP contribution in [-0.4, -0.2) is 46.1 Å². The van der Waals surface area contributed by atoms with Crippen molar-refractivity contribution in [1.82, 2.24) is 19.9 Å². The standard InChI is InChI=1S/C18H24N6/c1-2-14-11-19-18(20-12-14)24-8-6-23(7-9-24)17-10-16(21-13-22-17)15-4-3-5-15/h10-13,15H,2-9H2,1H3. The molecular weight excluding hydrogens is 300 g/mol. The van der Waals surface area contributed by atoms with E-state index in [2.05, 4.69) is 42.7 Å². The summed E-state index contributed by atoms with van der Waals surface area (Å²) in [5, 5.41) is 0. The first-order chi connectivity index (χ1) is 11.8. The van der Waals surface area contributed by atoms with Gasteiger partial charge in [0.1, 0.15) is 12.1 Å². The summed E-state index contributed by atoms with van der Waals surface area (Å²) in [6.07, 6.45) is 10.4. The van der Waals surface area contributed by atoms with E-state index in [9.17, 15) is 0 Å². The van der Waals surface area contributed by atoms with Crippen LogP contribution in [0.2, 0.25) is 0 Å². The molecule has 0 spiro atoms. The third kappa shape index (κ3) is 3.05. The number of aryl methyl sites for hydroxylation is 1. The van der Waals surface area contributed by atoms with Crippen molar-refractivity contribution in [2.75, 3.05) is 36.0 Å². The van der Waals surface area contributed by atoms with Crippen molar-refractivity contribution in [1.29, 1.82) is 0 Å². The molecule has 1 saturated heterocycles. The molecule has 0 atom stereocenters. The monoisotopic (exact) mass is 324 g/mol. The van der Waals surface area contributed by atoms with Gasteiger partial charge >= 0.3 is 0 Å². The van der Waals surface area contributed by atoms with Gasteiger partial charge in [-0.2, -0.15) is 0 Å². The maximum Gasteiger partial charge on any atom is 0.225 e. The molecule has 126 valence electrons. The minimum absolute atomic E-state index is 0.651. The first-order valence-corrected chi connectivity index (χ1v) is 8.96. The molecular formula is C18H24N6. The average molecular weight is 324 g/mol. The van der Waals surface area contributed by atoms with E-state index in [0.29, 0.717) is 5.92 Å². The molecule has 3 heterocycles. The largest absolute Gasteiger partial charge is 0.353 e. The summed E-state index contributed by atoms with van der Waals surface area (Å²) in [5.74, 6) is 2.55. The average Bonchev–Trinajstić information content (AvgIpc) is 2.61. The summed E-state index contributed by atoms with van der Waals surface area (Å²) < 4.78 is 0. The maximum absolute atomic E-state index is 4.50. The van der Waals surface area contributed by atoms with Crippen LogP contribution in [0, 0.1) is 0 Å². The fourth-order valence-electron chi connectivity index (χ4n) is 3.29. The minimum Gasteiger partial charge on any atom is -0.353 e. The molecule has 0 bridgehead atoms. The van der Waals surface area contributed by atoms with Gasteiger partial charge < -0.3 is 9.80 Å². The van der Waals surface area contributed by atoms with Crippen LogP contribution >= 0.6 is 0 Å². The van der Waals surface area contributed by atoms with Crippen LogP contribution < -0.4 is 9.80 Å². The van der Waals surface area contributed by atoms with Crippen LogP contribution in [0.5, 0.6) is 0 Å². The Kier molecular flexibility index (Phi) is 4.28. The Balaban J connectivity index is 1.40. The molecule has 2 fully saturated rings. The number of rotatable bonds is 4. The van der Waals surface area contributed by atoms with E-state index in [0.717, 1.165) is 44.4 Å². The summed E-state index contributed by atoms with van der Waals surface area (Å²) in [7, 11) is 0. The SMILES string of the molecule is CCc1cnc(N2CCN(c3cc(C4CCC4)ncn3)CC2)nc1. The van der Waals surface area contributed by atoms with Gasteiger partial charge in [0.15, 0.2) is 0 Å². The molecule has 6 heteroatoms. The van der Waals surface area contributed by atoms with Gasteiger partial charge in [-0.05, 0) is 24.8 Å². The second-order valence-corrected chi connectivity index (χ2v) is 6.65. The van der Waals surface area contributed by atoms with Crippen molar-refractivity contribution in [3.8, 4) is 0 Å². The van der Waals surface area contributed by atoms with E-state index >= 15 is 0 Å². The van der Waals surface area contributed by atoms with Crippen molar-refractivity contribution in [2.45, 2.75) is 38.5 Å². The molecule has 1 aliphatic heterocycles. The van der Waals surface area contributed by atoms with Gasteiger partial charge in [0.05, 0.1) is 0 Å². The number of hydrogen-bond acceptors (Lipinski definition) is 6.